The molecule has 0 heterocycles. The Balaban J connectivity index is 1.43. The van der Waals surface area contributed by atoms with Crippen LogP contribution in [-0.4, -0.2) is 0 Å². The molecule has 0 aliphatic carbocycles. The highest BCUT2D eigenvalue weighted by molar-refractivity contribution is 5.90. The fraction of sp³-hybridized carbons (Fsp3) is 0. The lowest BCUT2D eigenvalue weighted by molar-refractivity contribution is 1.28. The molecule has 6 aromatic rings. The van der Waals surface area contributed by atoms with Crippen molar-refractivity contribution in [1.29, 1.82) is 0 Å². The summed E-state index contributed by atoms with van der Waals surface area (Å²) in [5.41, 5.74) is 10.4. The van der Waals surface area contributed by atoms with Crippen LogP contribution in [-0.2, 0) is 0 Å². The first-order valence-electron chi connectivity index (χ1n) is 13.9. The van der Waals surface area contributed by atoms with Gasteiger partial charge in [-0.2, -0.15) is 0 Å². The Morgan fingerprint density at radius 3 is 1.22 bits per heavy atom. The Morgan fingerprint density at radius 1 is 0.341 bits per heavy atom. The number of hydrogen-bond donors (Lipinski definition) is 0. The van der Waals surface area contributed by atoms with E-state index in [0.29, 0.717) is 0 Å². The Hall–Kier alpha value is -5.40. The lowest BCUT2D eigenvalue weighted by Gasteiger charge is -2.28. The molecule has 6 aromatic carbocycles. The van der Waals surface area contributed by atoms with E-state index >= 15 is 0 Å². The summed E-state index contributed by atoms with van der Waals surface area (Å²) in [5, 5.41) is 0. The molecule has 41 heavy (non-hydrogen) atoms. The standard InChI is InChI=1S/C40H31N/c1-5-13-32(14-6-1)21-22-34-25-28-36(29-26-34)39-30-27-35(24-23-33-15-7-2-8-16-33)31-40(39)41(37-17-9-3-10-18-37)38-19-11-4-12-20-38/h1-31H. The largest absolute Gasteiger partial charge is 0.310 e. The van der Waals surface area contributed by atoms with Gasteiger partial charge in [0.1, 0.15) is 0 Å². The monoisotopic (exact) mass is 525 g/mol. The van der Waals surface area contributed by atoms with Gasteiger partial charge < -0.3 is 4.90 Å². The Kier molecular flexibility index (Phi) is 7.97. The molecule has 1 nitrogen and oxygen atoms in total. The topological polar surface area (TPSA) is 3.24 Å². The van der Waals surface area contributed by atoms with Gasteiger partial charge in [0.2, 0.25) is 0 Å². The van der Waals surface area contributed by atoms with Crippen LogP contribution in [0.3, 0.4) is 0 Å². The zero-order chi connectivity index (χ0) is 27.7. The first-order chi connectivity index (χ1) is 20.3. The molecule has 0 aromatic heterocycles. The Morgan fingerprint density at radius 2 is 0.732 bits per heavy atom. The summed E-state index contributed by atoms with van der Waals surface area (Å²) in [6.07, 6.45) is 8.68. The van der Waals surface area contributed by atoms with Gasteiger partial charge in [0.15, 0.2) is 0 Å². The van der Waals surface area contributed by atoms with Gasteiger partial charge in [0.25, 0.3) is 0 Å². The second kappa shape index (κ2) is 12.6. The van der Waals surface area contributed by atoms with E-state index < -0.39 is 0 Å². The molecule has 0 radical (unpaired) electrons. The van der Waals surface area contributed by atoms with Gasteiger partial charge in [0.05, 0.1) is 5.69 Å². The molecule has 0 fully saturated rings. The van der Waals surface area contributed by atoms with Crippen molar-refractivity contribution in [2.24, 2.45) is 0 Å². The van der Waals surface area contributed by atoms with E-state index in [4.69, 9.17) is 0 Å². The third-order valence-corrected chi connectivity index (χ3v) is 7.05. The Bertz CT molecular complexity index is 1700. The van der Waals surface area contributed by atoms with Crippen molar-refractivity contribution in [2.45, 2.75) is 0 Å². The minimum Gasteiger partial charge on any atom is -0.310 e. The third kappa shape index (κ3) is 6.43. The van der Waals surface area contributed by atoms with Crippen molar-refractivity contribution >= 4 is 41.4 Å². The van der Waals surface area contributed by atoms with Gasteiger partial charge in [0, 0.05) is 16.9 Å². The lowest BCUT2D eigenvalue weighted by Crippen LogP contribution is -2.11. The molecule has 196 valence electrons. The molecule has 0 N–H and O–H groups in total. The first kappa shape index (κ1) is 25.9. The maximum absolute atomic E-state index is 2.35. The predicted octanol–water partition coefficient (Wildman–Crippen LogP) is 11.2. The van der Waals surface area contributed by atoms with Crippen molar-refractivity contribution in [3.8, 4) is 11.1 Å². The molecule has 0 saturated heterocycles. The number of para-hydroxylation sites is 2. The molecular formula is C40H31N. The van der Waals surface area contributed by atoms with Crippen LogP contribution < -0.4 is 4.90 Å². The zero-order valence-electron chi connectivity index (χ0n) is 22.8. The van der Waals surface area contributed by atoms with E-state index in [-0.39, 0.29) is 0 Å². The molecule has 0 saturated carbocycles. The van der Waals surface area contributed by atoms with Crippen molar-refractivity contribution in [3.63, 3.8) is 0 Å². The number of nitrogens with zero attached hydrogens (tertiary/aromatic N) is 1. The smallest absolute Gasteiger partial charge is 0.0545 e. The van der Waals surface area contributed by atoms with Gasteiger partial charge in [-0.3, -0.25) is 0 Å². The van der Waals surface area contributed by atoms with Crippen LogP contribution in [0.2, 0.25) is 0 Å². The van der Waals surface area contributed by atoms with Crippen molar-refractivity contribution in [1.82, 2.24) is 0 Å². The second-order valence-electron chi connectivity index (χ2n) is 9.89. The summed E-state index contributed by atoms with van der Waals surface area (Å²) in [6.45, 7) is 0. The van der Waals surface area contributed by atoms with Crippen molar-refractivity contribution in [3.05, 3.63) is 186 Å². The molecule has 0 amide bonds. The predicted molar refractivity (Wildman–Crippen MR) is 177 cm³/mol. The molecule has 0 spiro atoms. The van der Waals surface area contributed by atoms with Crippen LogP contribution in [0.5, 0.6) is 0 Å². The maximum Gasteiger partial charge on any atom is 0.0545 e. The second-order valence-corrected chi connectivity index (χ2v) is 9.89. The summed E-state index contributed by atoms with van der Waals surface area (Å²) >= 11 is 0. The molecule has 0 aliphatic rings. The van der Waals surface area contributed by atoms with E-state index in [2.05, 4.69) is 181 Å². The van der Waals surface area contributed by atoms with Crippen LogP contribution in [0.4, 0.5) is 17.1 Å². The van der Waals surface area contributed by atoms with Crippen LogP contribution in [0.15, 0.2) is 164 Å². The third-order valence-electron chi connectivity index (χ3n) is 7.05. The quantitative estimate of drug-likeness (QED) is 0.179. The summed E-state index contributed by atoms with van der Waals surface area (Å²) in [5.74, 6) is 0. The van der Waals surface area contributed by atoms with Crippen LogP contribution in [0.25, 0.3) is 35.4 Å². The molecule has 6 rings (SSSR count). The van der Waals surface area contributed by atoms with Gasteiger partial charge in [-0.15, -0.1) is 0 Å². The molecule has 1 heteroatoms. The minimum absolute atomic E-state index is 1.12. The molecule has 0 aliphatic heterocycles. The van der Waals surface area contributed by atoms with Crippen LogP contribution in [0.1, 0.15) is 22.3 Å². The van der Waals surface area contributed by atoms with E-state index in [1.54, 1.807) is 0 Å². The summed E-state index contributed by atoms with van der Waals surface area (Å²) in [6, 6.07) is 57.6. The van der Waals surface area contributed by atoms with Gasteiger partial charge >= 0.3 is 0 Å². The molecule has 0 bridgehead atoms. The molecular weight excluding hydrogens is 494 g/mol. The highest BCUT2D eigenvalue weighted by Crippen LogP contribution is 2.41. The highest BCUT2D eigenvalue weighted by atomic mass is 15.1. The molecule has 0 atom stereocenters. The zero-order valence-corrected chi connectivity index (χ0v) is 22.8. The molecule has 0 unspecified atom stereocenters. The van der Waals surface area contributed by atoms with Crippen LogP contribution in [0, 0.1) is 0 Å². The van der Waals surface area contributed by atoms with E-state index in [1.165, 1.54) is 27.8 Å². The van der Waals surface area contributed by atoms with Crippen LogP contribution >= 0.6 is 0 Å². The fourth-order valence-corrected chi connectivity index (χ4v) is 4.95. The number of rotatable bonds is 8. The minimum atomic E-state index is 1.12. The maximum atomic E-state index is 2.35. The van der Waals surface area contributed by atoms with Crippen molar-refractivity contribution < 1.29 is 0 Å². The summed E-state index contributed by atoms with van der Waals surface area (Å²) in [7, 11) is 0. The lowest BCUT2D eigenvalue weighted by atomic mass is 9.98. The Labute approximate surface area is 243 Å². The normalized spacial score (nSPS) is 11.2. The van der Waals surface area contributed by atoms with Gasteiger partial charge in [-0.25, -0.2) is 0 Å². The van der Waals surface area contributed by atoms with E-state index in [9.17, 15) is 0 Å². The highest BCUT2D eigenvalue weighted by Gasteiger charge is 2.17. The van der Waals surface area contributed by atoms with Crippen molar-refractivity contribution in [2.75, 3.05) is 4.90 Å². The SMILES string of the molecule is C(=Cc1ccc(-c2ccc(C=Cc3ccccc3)cc2N(c2ccccc2)c2ccccc2)cc1)c1ccccc1. The average molecular weight is 526 g/mol. The summed E-state index contributed by atoms with van der Waals surface area (Å²) < 4.78 is 0. The van der Waals surface area contributed by atoms with Gasteiger partial charge in [-0.05, 0) is 58.1 Å². The first-order valence-corrected chi connectivity index (χ1v) is 13.9. The number of anilines is 3. The number of hydrogen-bond acceptors (Lipinski definition) is 1. The van der Waals surface area contributed by atoms with Gasteiger partial charge in [-0.1, -0.05) is 158 Å². The van der Waals surface area contributed by atoms with E-state index in [0.717, 1.165) is 22.6 Å². The van der Waals surface area contributed by atoms with E-state index in [1.807, 2.05) is 12.1 Å². The number of benzene rings is 6. The summed E-state index contributed by atoms with van der Waals surface area (Å²) in [4.78, 5) is 2.35. The average Bonchev–Trinajstić information content (AvgIpc) is 3.05. The fourth-order valence-electron chi connectivity index (χ4n) is 4.95.